The molecule has 28 heavy (non-hydrogen) atoms. The Bertz CT molecular complexity index is 994. The van der Waals surface area contributed by atoms with Gasteiger partial charge in [-0.3, -0.25) is 9.69 Å². The second-order valence-electron chi connectivity index (χ2n) is 6.13. The molecule has 1 heterocycles. The Labute approximate surface area is 168 Å². The third-order valence-electron chi connectivity index (χ3n) is 4.51. The van der Waals surface area contributed by atoms with Crippen molar-refractivity contribution >= 4 is 35.4 Å². The van der Waals surface area contributed by atoms with E-state index in [1.54, 1.807) is 36.8 Å². The van der Waals surface area contributed by atoms with Crippen LogP contribution in [0.1, 0.15) is 12.5 Å². The molecule has 0 saturated heterocycles. The van der Waals surface area contributed by atoms with Crippen molar-refractivity contribution < 1.29 is 19.1 Å². The zero-order valence-corrected chi connectivity index (χ0v) is 17.0. The van der Waals surface area contributed by atoms with Gasteiger partial charge in [0.15, 0.2) is 0 Å². The summed E-state index contributed by atoms with van der Waals surface area (Å²) in [6.45, 7) is 1.75. The molecule has 0 atom stereocenters. The van der Waals surface area contributed by atoms with Gasteiger partial charge in [0, 0.05) is 10.6 Å². The first-order valence-electron chi connectivity index (χ1n) is 8.64. The molecule has 1 aliphatic rings. The minimum absolute atomic E-state index is 0.265. The van der Waals surface area contributed by atoms with Gasteiger partial charge in [0.25, 0.3) is 5.91 Å². The summed E-state index contributed by atoms with van der Waals surface area (Å²) >= 11 is 1.59. The van der Waals surface area contributed by atoms with Gasteiger partial charge in [0.1, 0.15) is 5.75 Å². The van der Waals surface area contributed by atoms with E-state index in [2.05, 4.69) is 0 Å². The van der Waals surface area contributed by atoms with Gasteiger partial charge >= 0.3 is 5.97 Å². The van der Waals surface area contributed by atoms with Crippen LogP contribution in [0.15, 0.2) is 70.3 Å². The number of esters is 1. The summed E-state index contributed by atoms with van der Waals surface area (Å²) in [6, 6.07) is 15.0. The number of rotatable bonds is 5. The van der Waals surface area contributed by atoms with E-state index >= 15 is 0 Å². The molecule has 6 heteroatoms. The van der Waals surface area contributed by atoms with Crippen molar-refractivity contribution in [2.45, 2.75) is 11.8 Å². The van der Waals surface area contributed by atoms with E-state index < -0.39 is 5.97 Å². The van der Waals surface area contributed by atoms with Crippen LogP contribution in [-0.2, 0) is 14.3 Å². The lowest BCUT2D eigenvalue weighted by Crippen LogP contribution is -2.24. The number of hydrogen-bond donors (Lipinski definition) is 0. The summed E-state index contributed by atoms with van der Waals surface area (Å²) in [4.78, 5) is 28.3. The molecule has 0 spiro atoms. The first-order chi connectivity index (χ1) is 13.5. The number of hydrogen-bond acceptors (Lipinski definition) is 5. The molecule has 2 aromatic carbocycles. The van der Waals surface area contributed by atoms with Crippen molar-refractivity contribution in [3.8, 4) is 5.75 Å². The van der Waals surface area contributed by atoms with Crippen LogP contribution in [-0.4, -0.2) is 32.4 Å². The van der Waals surface area contributed by atoms with Crippen LogP contribution >= 0.6 is 11.8 Å². The largest absolute Gasteiger partial charge is 0.497 e. The quantitative estimate of drug-likeness (QED) is 0.429. The number of carbonyl (C=O) groups excluding carboxylic acids is 2. The minimum atomic E-state index is -0.538. The fourth-order valence-corrected chi connectivity index (χ4v) is 3.59. The molecule has 0 aromatic heterocycles. The van der Waals surface area contributed by atoms with Gasteiger partial charge < -0.3 is 9.47 Å². The van der Waals surface area contributed by atoms with Crippen molar-refractivity contribution in [2.24, 2.45) is 0 Å². The van der Waals surface area contributed by atoms with Crippen molar-refractivity contribution in [1.82, 2.24) is 0 Å². The monoisotopic (exact) mass is 395 g/mol. The summed E-state index contributed by atoms with van der Waals surface area (Å²) in [5.41, 5.74) is 2.59. The molecule has 0 N–H and O–H groups in total. The first-order valence-corrected chi connectivity index (χ1v) is 9.86. The van der Waals surface area contributed by atoms with Gasteiger partial charge in [0.05, 0.1) is 31.1 Å². The van der Waals surface area contributed by atoms with E-state index in [1.165, 1.54) is 7.11 Å². The molecule has 0 unspecified atom stereocenters. The van der Waals surface area contributed by atoms with E-state index in [1.807, 2.05) is 54.8 Å². The Balaban J connectivity index is 2.13. The smallest absolute Gasteiger partial charge is 0.340 e. The number of anilines is 1. The van der Waals surface area contributed by atoms with Crippen LogP contribution in [0.5, 0.6) is 5.75 Å². The van der Waals surface area contributed by atoms with E-state index in [9.17, 15) is 9.59 Å². The molecule has 3 rings (SSSR count). The number of thioether (sulfide) groups is 1. The zero-order chi connectivity index (χ0) is 20.3. The maximum atomic E-state index is 13.3. The van der Waals surface area contributed by atoms with E-state index in [0.717, 1.165) is 10.5 Å². The molecular formula is C22H21NO4S. The highest BCUT2D eigenvalue weighted by Gasteiger charge is 2.37. The summed E-state index contributed by atoms with van der Waals surface area (Å²) in [7, 11) is 2.89. The molecule has 0 radical (unpaired) electrons. The second-order valence-corrected chi connectivity index (χ2v) is 7.01. The lowest BCUT2D eigenvalue weighted by molar-refractivity contribution is -0.136. The normalized spacial score (nSPS) is 15.4. The fraction of sp³-hybridized carbons (Fsp3) is 0.182. The van der Waals surface area contributed by atoms with Gasteiger partial charge in [0.2, 0.25) is 0 Å². The minimum Gasteiger partial charge on any atom is -0.497 e. The number of methoxy groups -OCH3 is 2. The topological polar surface area (TPSA) is 55.8 Å². The van der Waals surface area contributed by atoms with Gasteiger partial charge in [-0.2, -0.15) is 0 Å². The highest BCUT2D eigenvalue weighted by atomic mass is 32.2. The molecule has 1 amide bonds. The van der Waals surface area contributed by atoms with Crippen molar-refractivity contribution in [3.05, 3.63) is 70.9 Å². The summed E-state index contributed by atoms with van der Waals surface area (Å²) < 4.78 is 10.2. The maximum absolute atomic E-state index is 13.3. The Hall–Kier alpha value is -2.99. The molecule has 144 valence electrons. The summed E-state index contributed by atoms with van der Waals surface area (Å²) in [5, 5.41) is 0. The SMILES string of the molecule is COC(=O)C1=C(C)N(c2cccc(SC)c2)C(=O)/C1=C\c1cccc(OC)c1. The van der Waals surface area contributed by atoms with Crippen LogP contribution < -0.4 is 9.64 Å². The average Bonchev–Trinajstić information content (AvgIpc) is 2.97. The third kappa shape index (κ3) is 3.68. The molecule has 5 nitrogen and oxygen atoms in total. The van der Waals surface area contributed by atoms with E-state index in [4.69, 9.17) is 9.47 Å². The summed E-state index contributed by atoms with van der Waals surface area (Å²) in [6.07, 6.45) is 3.67. The van der Waals surface area contributed by atoms with Crippen LogP contribution in [0.2, 0.25) is 0 Å². The highest BCUT2D eigenvalue weighted by Crippen LogP contribution is 2.36. The molecule has 0 bridgehead atoms. The molecular weight excluding hydrogens is 374 g/mol. The number of carbonyl (C=O) groups is 2. The predicted molar refractivity (Wildman–Crippen MR) is 111 cm³/mol. The molecule has 2 aromatic rings. The van der Waals surface area contributed by atoms with Crippen LogP contribution in [0.25, 0.3) is 6.08 Å². The molecule has 0 fully saturated rings. The molecule has 0 aliphatic carbocycles. The van der Waals surface area contributed by atoms with Gasteiger partial charge in [-0.15, -0.1) is 11.8 Å². The number of benzene rings is 2. The van der Waals surface area contributed by atoms with Gasteiger partial charge in [-0.1, -0.05) is 18.2 Å². The second kappa shape index (κ2) is 8.35. The van der Waals surface area contributed by atoms with Crippen LogP contribution in [0.4, 0.5) is 5.69 Å². The third-order valence-corrected chi connectivity index (χ3v) is 5.23. The number of ether oxygens (including phenoxy) is 2. The Kier molecular flexibility index (Phi) is 5.90. The summed E-state index contributed by atoms with van der Waals surface area (Å²) in [5.74, 6) is -0.132. The lowest BCUT2D eigenvalue weighted by Gasteiger charge is -2.18. The zero-order valence-electron chi connectivity index (χ0n) is 16.2. The maximum Gasteiger partial charge on any atom is 0.340 e. The number of nitrogens with zero attached hydrogens (tertiary/aromatic N) is 1. The standard InChI is InChI=1S/C22H21NO4S/c1-14-20(22(25)27-3)19(12-15-7-5-9-17(11-15)26-2)21(24)23(14)16-8-6-10-18(13-16)28-4/h5-13H,1-4H3/b19-12-. The molecule has 0 saturated carbocycles. The molecule has 1 aliphatic heterocycles. The predicted octanol–water partition coefficient (Wildman–Crippen LogP) is 4.29. The van der Waals surface area contributed by atoms with Crippen molar-refractivity contribution in [2.75, 3.05) is 25.4 Å². The van der Waals surface area contributed by atoms with Gasteiger partial charge in [-0.25, -0.2) is 4.79 Å². The van der Waals surface area contributed by atoms with Crippen molar-refractivity contribution in [1.29, 1.82) is 0 Å². The van der Waals surface area contributed by atoms with Crippen molar-refractivity contribution in [3.63, 3.8) is 0 Å². The Morgan fingerprint density at radius 3 is 2.54 bits per heavy atom. The van der Waals surface area contributed by atoms with Gasteiger partial charge in [-0.05, 0) is 55.2 Å². The highest BCUT2D eigenvalue weighted by molar-refractivity contribution is 7.98. The van der Waals surface area contributed by atoms with E-state index in [-0.39, 0.29) is 11.5 Å². The van der Waals surface area contributed by atoms with E-state index in [0.29, 0.717) is 22.7 Å². The Morgan fingerprint density at radius 2 is 1.86 bits per heavy atom. The first kappa shape index (κ1) is 19.8. The number of allylic oxidation sites excluding steroid dienone is 1. The fourth-order valence-electron chi connectivity index (χ4n) is 3.14. The lowest BCUT2D eigenvalue weighted by atomic mass is 10.0. The average molecular weight is 395 g/mol. The van der Waals surface area contributed by atoms with Crippen LogP contribution in [0.3, 0.4) is 0 Å². The number of amides is 1. The van der Waals surface area contributed by atoms with Crippen LogP contribution in [0, 0.1) is 0 Å². The Morgan fingerprint density at radius 1 is 1.11 bits per heavy atom.